The van der Waals surface area contributed by atoms with Gasteiger partial charge in [-0.25, -0.2) is 15.0 Å². The second kappa shape index (κ2) is 6.45. The van der Waals surface area contributed by atoms with Crippen molar-refractivity contribution in [3.05, 3.63) is 58.4 Å². The van der Waals surface area contributed by atoms with Gasteiger partial charge in [-0.05, 0) is 30.0 Å². The highest BCUT2D eigenvalue weighted by molar-refractivity contribution is 7.16. The first kappa shape index (κ1) is 18.0. The molecule has 0 bridgehead atoms. The zero-order chi connectivity index (χ0) is 21.4. The number of aryl methyl sites for hydroxylation is 1. The first-order valence-electron chi connectivity index (χ1n) is 10.4. The van der Waals surface area contributed by atoms with Crippen LogP contribution in [0.4, 0.5) is 5.69 Å². The lowest BCUT2D eigenvalue weighted by Crippen LogP contribution is -2.23. The van der Waals surface area contributed by atoms with E-state index in [4.69, 9.17) is 4.52 Å². The van der Waals surface area contributed by atoms with E-state index in [9.17, 15) is 4.79 Å². The van der Waals surface area contributed by atoms with Crippen molar-refractivity contribution in [3.63, 3.8) is 0 Å². The van der Waals surface area contributed by atoms with Gasteiger partial charge in [-0.15, -0.1) is 11.3 Å². The molecule has 0 N–H and O–H groups in total. The van der Waals surface area contributed by atoms with Crippen molar-refractivity contribution in [2.45, 2.75) is 12.5 Å². The molecule has 11 heteroatoms. The number of nitrogens with zero attached hydrogens (tertiary/aromatic N) is 8. The summed E-state index contributed by atoms with van der Waals surface area (Å²) in [6.45, 7) is 2.18. The number of anilines is 1. The second-order valence-electron chi connectivity index (χ2n) is 8.51. The van der Waals surface area contributed by atoms with Crippen molar-refractivity contribution in [1.29, 1.82) is 0 Å². The average Bonchev–Trinajstić information content (AvgIpc) is 3.38. The molecule has 1 saturated carbocycles. The van der Waals surface area contributed by atoms with Crippen molar-refractivity contribution in [2.24, 2.45) is 18.9 Å². The molecule has 0 radical (unpaired) electrons. The van der Waals surface area contributed by atoms with Crippen LogP contribution in [0, 0.1) is 11.8 Å². The van der Waals surface area contributed by atoms with E-state index in [1.807, 2.05) is 5.51 Å². The number of hydrogen-bond acceptors (Lipinski definition) is 9. The summed E-state index contributed by atoms with van der Waals surface area (Å²) in [4.78, 5) is 32.5. The van der Waals surface area contributed by atoms with E-state index in [-0.39, 0.29) is 12.1 Å². The third kappa shape index (κ3) is 2.63. The fraction of sp³-hybridized carbons (Fsp3) is 0.333. The number of piperidine rings is 1. The number of aromatic nitrogens is 7. The fourth-order valence-corrected chi connectivity index (χ4v) is 5.67. The number of hydrogen-bond donors (Lipinski definition) is 0. The minimum atomic E-state index is -0.174. The normalized spacial score (nSPS) is 22.2. The molecule has 1 aromatic carbocycles. The van der Waals surface area contributed by atoms with Crippen molar-refractivity contribution in [1.82, 2.24) is 34.2 Å². The maximum Gasteiger partial charge on any atom is 0.280 e. The molecule has 3 atom stereocenters. The van der Waals surface area contributed by atoms with Gasteiger partial charge in [0.05, 0.1) is 22.1 Å². The molecular weight excluding hydrogens is 428 g/mol. The van der Waals surface area contributed by atoms with E-state index in [1.165, 1.54) is 21.3 Å². The van der Waals surface area contributed by atoms with E-state index in [0.29, 0.717) is 34.8 Å². The molecule has 5 heterocycles. The van der Waals surface area contributed by atoms with Gasteiger partial charge >= 0.3 is 0 Å². The summed E-state index contributed by atoms with van der Waals surface area (Å²) in [5, 5.41) is 4.22. The molecule has 1 aliphatic heterocycles. The van der Waals surface area contributed by atoms with Gasteiger partial charge in [-0.1, -0.05) is 5.16 Å². The van der Waals surface area contributed by atoms with Gasteiger partial charge in [-0.3, -0.25) is 9.36 Å². The Morgan fingerprint density at radius 2 is 2.00 bits per heavy atom. The molecule has 0 spiro atoms. The smallest absolute Gasteiger partial charge is 0.280 e. The molecule has 160 valence electrons. The predicted molar refractivity (Wildman–Crippen MR) is 118 cm³/mol. The van der Waals surface area contributed by atoms with E-state index in [0.717, 1.165) is 24.4 Å². The van der Waals surface area contributed by atoms with Gasteiger partial charge in [0.2, 0.25) is 5.89 Å². The van der Waals surface area contributed by atoms with Crippen molar-refractivity contribution < 1.29 is 4.52 Å². The third-order valence-corrected chi connectivity index (χ3v) is 7.45. The summed E-state index contributed by atoms with van der Waals surface area (Å²) < 4.78 is 9.84. The van der Waals surface area contributed by atoms with E-state index >= 15 is 0 Å². The molecule has 2 aliphatic rings. The molecule has 10 nitrogen and oxygen atoms in total. The van der Waals surface area contributed by atoms with Crippen LogP contribution in [0.2, 0.25) is 0 Å². The van der Waals surface area contributed by atoms with Crippen LogP contribution in [0.1, 0.15) is 17.6 Å². The van der Waals surface area contributed by atoms with Crippen LogP contribution in [-0.2, 0) is 13.6 Å². The lowest BCUT2D eigenvalue weighted by molar-refractivity contribution is 0.363. The van der Waals surface area contributed by atoms with Crippen molar-refractivity contribution in [3.8, 4) is 0 Å². The molecule has 7 rings (SSSR count). The minimum absolute atomic E-state index is 0.174. The molecule has 32 heavy (non-hydrogen) atoms. The summed E-state index contributed by atoms with van der Waals surface area (Å²) in [5.74, 6) is 2.56. The second-order valence-corrected chi connectivity index (χ2v) is 9.40. The molecule has 1 unspecified atom stereocenters. The van der Waals surface area contributed by atoms with Crippen LogP contribution in [0.5, 0.6) is 0 Å². The minimum Gasteiger partial charge on any atom is -0.371 e. The Balaban J connectivity index is 1.07. The topological polar surface area (TPSA) is 108 Å². The molecule has 1 saturated heterocycles. The number of benzene rings is 1. The Morgan fingerprint density at radius 1 is 1.16 bits per heavy atom. The molecule has 1 aliphatic carbocycles. The Hall–Kier alpha value is -3.60. The Morgan fingerprint density at radius 3 is 2.88 bits per heavy atom. The van der Waals surface area contributed by atoms with Gasteiger partial charge in [0.1, 0.15) is 12.9 Å². The summed E-state index contributed by atoms with van der Waals surface area (Å²) in [5.41, 5.74) is 4.91. The van der Waals surface area contributed by atoms with Crippen molar-refractivity contribution in [2.75, 3.05) is 18.0 Å². The van der Waals surface area contributed by atoms with Crippen LogP contribution < -0.4 is 10.5 Å². The summed E-state index contributed by atoms with van der Waals surface area (Å²) >= 11 is 1.67. The standard InChI is InChI=1S/C21H18N8O2S/c1-27-8-22-20-18(27)21(30)29(9-23-20)7-16-25-19(26-31-16)17-12-5-28(6-13(12)17)11-2-3-14-15(4-11)32-10-24-14/h2-4,8-10,12-13,17H,5-7H2,1H3/t12-,13+,17?. The maximum absolute atomic E-state index is 12.7. The van der Waals surface area contributed by atoms with Crippen molar-refractivity contribution >= 4 is 38.4 Å². The predicted octanol–water partition coefficient (Wildman–Crippen LogP) is 2.02. The van der Waals surface area contributed by atoms with Gasteiger partial charge in [0, 0.05) is 31.7 Å². The first-order valence-corrected chi connectivity index (χ1v) is 11.3. The Labute approximate surface area is 185 Å². The van der Waals surface area contributed by atoms with Gasteiger partial charge in [0.15, 0.2) is 17.0 Å². The van der Waals surface area contributed by atoms with Gasteiger partial charge in [0.25, 0.3) is 5.56 Å². The first-order chi connectivity index (χ1) is 15.7. The average molecular weight is 446 g/mol. The zero-order valence-corrected chi connectivity index (χ0v) is 17.9. The van der Waals surface area contributed by atoms with Crippen LogP contribution in [0.15, 0.2) is 45.7 Å². The largest absolute Gasteiger partial charge is 0.371 e. The van der Waals surface area contributed by atoms with Gasteiger partial charge in [-0.2, -0.15) is 4.98 Å². The van der Waals surface area contributed by atoms with Crippen LogP contribution >= 0.6 is 11.3 Å². The zero-order valence-electron chi connectivity index (χ0n) is 17.1. The molecule has 4 aromatic heterocycles. The monoisotopic (exact) mass is 446 g/mol. The summed E-state index contributed by atoms with van der Waals surface area (Å²) in [6, 6.07) is 6.47. The quantitative estimate of drug-likeness (QED) is 0.413. The third-order valence-electron chi connectivity index (χ3n) is 6.66. The van der Waals surface area contributed by atoms with Crippen LogP contribution in [0.3, 0.4) is 0 Å². The highest BCUT2D eigenvalue weighted by Gasteiger charge is 2.58. The molecule has 0 amide bonds. The van der Waals surface area contributed by atoms with E-state index < -0.39 is 0 Å². The number of thiazole rings is 1. The number of imidazole rings is 1. The van der Waals surface area contributed by atoms with Crippen LogP contribution in [0.25, 0.3) is 21.4 Å². The lowest BCUT2D eigenvalue weighted by Gasteiger charge is -2.21. The Kier molecular flexibility index (Phi) is 3.63. The van der Waals surface area contributed by atoms with Gasteiger partial charge < -0.3 is 14.0 Å². The summed E-state index contributed by atoms with van der Waals surface area (Å²) in [7, 11) is 1.78. The fourth-order valence-electron chi connectivity index (χ4n) is 4.96. The van der Waals surface area contributed by atoms with Crippen LogP contribution in [-0.4, -0.2) is 47.3 Å². The lowest BCUT2D eigenvalue weighted by atomic mass is 10.2. The number of fused-ring (bicyclic) bond motifs is 3. The van der Waals surface area contributed by atoms with E-state index in [2.05, 4.69) is 48.2 Å². The maximum atomic E-state index is 12.7. The molecule has 5 aromatic rings. The number of rotatable bonds is 4. The molecule has 2 fully saturated rings. The SMILES string of the molecule is Cn1cnc2ncn(Cc3nc(C4[C@H]5CN(c6ccc7ncsc7c6)C[C@@H]45)no3)c(=O)c21. The Bertz CT molecular complexity index is 1540. The highest BCUT2D eigenvalue weighted by Crippen LogP contribution is 2.58. The highest BCUT2D eigenvalue weighted by atomic mass is 32.1. The molecular formula is C21H18N8O2S. The summed E-state index contributed by atoms with van der Waals surface area (Å²) in [6.07, 6.45) is 3.06. The van der Waals surface area contributed by atoms with E-state index in [1.54, 1.807) is 29.3 Å².